The zero-order chi connectivity index (χ0) is 14.5. The number of para-hydroxylation sites is 2. The molecule has 0 aliphatic carbocycles. The lowest BCUT2D eigenvalue weighted by Gasteiger charge is -2.12. The number of hydrogen-bond acceptors (Lipinski definition) is 3. The van der Waals surface area contributed by atoms with Gasteiger partial charge in [0.05, 0.1) is 11.4 Å². The Balaban J connectivity index is 0.00000176. The van der Waals surface area contributed by atoms with Crippen molar-refractivity contribution >= 4 is 24.0 Å². The average molecular weight is 321 g/mol. The molecular formula is C16H21ClN4O. The summed E-state index contributed by atoms with van der Waals surface area (Å²) >= 11 is 0. The molecule has 0 bridgehead atoms. The van der Waals surface area contributed by atoms with Crippen molar-refractivity contribution in [2.75, 3.05) is 18.4 Å². The molecule has 2 N–H and O–H groups in total. The van der Waals surface area contributed by atoms with Crippen molar-refractivity contribution < 1.29 is 4.79 Å². The molecule has 1 atom stereocenters. The van der Waals surface area contributed by atoms with Gasteiger partial charge in [0.2, 0.25) is 5.91 Å². The Kier molecular flexibility index (Phi) is 5.98. The molecule has 2 aromatic rings. The van der Waals surface area contributed by atoms with Crippen molar-refractivity contribution in [3.05, 3.63) is 42.7 Å². The van der Waals surface area contributed by atoms with Gasteiger partial charge in [-0.1, -0.05) is 12.1 Å². The highest BCUT2D eigenvalue weighted by molar-refractivity contribution is 5.92. The lowest BCUT2D eigenvalue weighted by molar-refractivity contribution is -0.116. The van der Waals surface area contributed by atoms with Gasteiger partial charge in [0.15, 0.2) is 0 Å². The molecule has 1 aromatic heterocycles. The first kappa shape index (κ1) is 16.5. The lowest BCUT2D eigenvalue weighted by atomic mass is 10.0. The zero-order valence-electron chi connectivity index (χ0n) is 12.4. The SMILES string of the molecule is Cl.O=C(CCC1CCNC1)Nc1ccccc1-n1cccn1. The Hall–Kier alpha value is -1.85. The second kappa shape index (κ2) is 7.96. The van der Waals surface area contributed by atoms with Crippen LogP contribution in [0.4, 0.5) is 5.69 Å². The molecule has 1 aromatic carbocycles. The molecule has 22 heavy (non-hydrogen) atoms. The summed E-state index contributed by atoms with van der Waals surface area (Å²) in [5.41, 5.74) is 1.69. The molecule has 1 fully saturated rings. The predicted molar refractivity (Wildman–Crippen MR) is 89.7 cm³/mol. The smallest absolute Gasteiger partial charge is 0.224 e. The molecule has 118 valence electrons. The fraction of sp³-hybridized carbons (Fsp3) is 0.375. The van der Waals surface area contributed by atoms with Gasteiger partial charge >= 0.3 is 0 Å². The number of benzene rings is 1. The monoisotopic (exact) mass is 320 g/mol. The molecule has 1 aliphatic rings. The molecule has 0 saturated carbocycles. The van der Waals surface area contributed by atoms with E-state index in [1.54, 1.807) is 10.9 Å². The number of anilines is 1. The largest absolute Gasteiger partial charge is 0.324 e. The number of rotatable bonds is 5. The second-order valence-corrected chi connectivity index (χ2v) is 5.41. The molecule has 6 heteroatoms. The van der Waals surface area contributed by atoms with Crippen molar-refractivity contribution in [3.63, 3.8) is 0 Å². The molecule has 1 unspecified atom stereocenters. The normalized spacial score (nSPS) is 17.0. The van der Waals surface area contributed by atoms with E-state index in [2.05, 4.69) is 15.7 Å². The molecule has 3 rings (SSSR count). The highest BCUT2D eigenvalue weighted by Crippen LogP contribution is 2.20. The van der Waals surface area contributed by atoms with E-state index in [9.17, 15) is 4.79 Å². The van der Waals surface area contributed by atoms with Gasteiger partial charge in [-0.05, 0) is 50.0 Å². The van der Waals surface area contributed by atoms with E-state index in [1.807, 2.05) is 36.5 Å². The number of aromatic nitrogens is 2. The van der Waals surface area contributed by atoms with Gasteiger partial charge in [-0.15, -0.1) is 12.4 Å². The molecule has 0 radical (unpaired) electrons. The van der Waals surface area contributed by atoms with E-state index < -0.39 is 0 Å². The summed E-state index contributed by atoms with van der Waals surface area (Å²) in [4.78, 5) is 12.1. The summed E-state index contributed by atoms with van der Waals surface area (Å²) in [6.45, 7) is 2.12. The average Bonchev–Trinajstić information content (AvgIpc) is 3.19. The van der Waals surface area contributed by atoms with E-state index >= 15 is 0 Å². The first-order valence-electron chi connectivity index (χ1n) is 7.42. The van der Waals surface area contributed by atoms with Gasteiger partial charge in [-0.2, -0.15) is 5.10 Å². The van der Waals surface area contributed by atoms with Crippen LogP contribution in [-0.4, -0.2) is 28.8 Å². The number of carbonyl (C=O) groups is 1. The third-order valence-electron chi connectivity index (χ3n) is 3.87. The fourth-order valence-corrected chi connectivity index (χ4v) is 2.70. The van der Waals surface area contributed by atoms with Crippen LogP contribution in [0.25, 0.3) is 5.69 Å². The van der Waals surface area contributed by atoms with E-state index in [-0.39, 0.29) is 18.3 Å². The summed E-state index contributed by atoms with van der Waals surface area (Å²) in [5, 5.41) is 10.6. The summed E-state index contributed by atoms with van der Waals surface area (Å²) < 4.78 is 1.76. The van der Waals surface area contributed by atoms with Gasteiger partial charge in [-0.3, -0.25) is 4.79 Å². The molecule has 2 heterocycles. The second-order valence-electron chi connectivity index (χ2n) is 5.41. The number of halogens is 1. The van der Waals surface area contributed by atoms with Crippen LogP contribution in [0, 0.1) is 5.92 Å². The van der Waals surface area contributed by atoms with Gasteiger partial charge < -0.3 is 10.6 Å². The van der Waals surface area contributed by atoms with E-state index in [4.69, 9.17) is 0 Å². The van der Waals surface area contributed by atoms with Crippen LogP contribution in [0.5, 0.6) is 0 Å². The highest BCUT2D eigenvalue weighted by atomic mass is 35.5. The molecule has 1 amide bonds. The van der Waals surface area contributed by atoms with Gasteiger partial charge in [0, 0.05) is 18.8 Å². The Labute approximate surface area is 136 Å². The number of nitrogens with zero attached hydrogens (tertiary/aromatic N) is 2. The number of hydrogen-bond donors (Lipinski definition) is 2. The maximum Gasteiger partial charge on any atom is 0.224 e. The van der Waals surface area contributed by atoms with Crippen LogP contribution < -0.4 is 10.6 Å². The fourth-order valence-electron chi connectivity index (χ4n) is 2.70. The highest BCUT2D eigenvalue weighted by Gasteiger charge is 2.16. The third-order valence-corrected chi connectivity index (χ3v) is 3.87. The van der Waals surface area contributed by atoms with Crippen LogP contribution in [-0.2, 0) is 4.79 Å². The minimum absolute atomic E-state index is 0. The minimum atomic E-state index is 0. The lowest BCUT2D eigenvalue weighted by Crippen LogP contribution is -2.16. The van der Waals surface area contributed by atoms with Crippen LogP contribution in [0.3, 0.4) is 0 Å². The number of nitrogens with one attached hydrogen (secondary N) is 2. The zero-order valence-corrected chi connectivity index (χ0v) is 13.2. The standard InChI is InChI=1S/C16H20N4O.ClH/c21-16(7-6-13-8-10-17-12-13)19-14-4-1-2-5-15(14)20-11-3-9-18-20;/h1-5,9,11,13,17H,6-8,10,12H2,(H,19,21);1H. The van der Waals surface area contributed by atoms with Crippen molar-refractivity contribution in [1.82, 2.24) is 15.1 Å². The predicted octanol–water partition coefficient (Wildman–Crippen LogP) is 2.62. The van der Waals surface area contributed by atoms with Gasteiger partial charge in [-0.25, -0.2) is 4.68 Å². The minimum Gasteiger partial charge on any atom is -0.324 e. The molecule has 0 spiro atoms. The van der Waals surface area contributed by atoms with E-state index in [0.717, 1.165) is 30.9 Å². The number of carbonyl (C=O) groups excluding carboxylic acids is 1. The summed E-state index contributed by atoms with van der Waals surface area (Å²) in [6, 6.07) is 9.58. The van der Waals surface area contributed by atoms with Crippen molar-refractivity contribution in [3.8, 4) is 5.69 Å². The van der Waals surface area contributed by atoms with Gasteiger partial charge in [0.1, 0.15) is 0 Å². The third kappa shape index (κ3) is 4.08. The van der Waals surface area contributed by atoms with Crippen LogP contribution in [0.1, 0.15) is 19.3 Å². The first-order chi connectivity index (χ1) is 10.3. The summed E-state index contributed by atoms with van der Waals surface area (Å²) in [6.07, 6.45) is 6.29. The van der Waals surface area contributed by atoms with Crippen molar-refractivity contribution in [2.24, 2.45) is 5.92 Å². The van der Waals surface area contributed by atoms with Crippen molar-refractivity contribution in [2.45, 2.75) is 19.3 Å². The molecular weight excluding hydrogens is 300 g/mol. The van der Waals surface area contributed by atoms with Crippen LogP contribution in [0.2, 0.25) is 0 Å². The molecule has 5 nitrogen and oxygen atoms in total. The van der Waals surface area contributed by atoms with Gasteiger partial charge in [0.25, 0.3) is 0 Å². The Bertz CT molecular complexity index is 594. The quantitative estimate of drug-likeness (QED) is 0.890. The number of amides is 1. The molecule has 1 saturated heterocycles. The summed E-state index contributed by atoms with van der Waals surface area (Å²) in [7, 11) is 0. The Morgan fingerprint density at radius 2 is 2.23 bits per heavy atom. The van der Waals surface area contributed by atoms with Crippen LogP contribution in [0.15, 0.2) is 42.7 Å². The Morgan fingerprint density at radius 3 is 2.95 bits per heavy atom. The Morgan fingerprint density at radius 1 is 1.36 bits per heavy atom. The maximum atomic E-state index is 12.1. The van der Waals surface area contributed by atoms with Crippen LogP contribution >= 0.6 is 12.4 Å². The first-order valence-corrected chi connectivity index (χ1v) is 7.42. The van der Waals surface area contributed by atoms with Crippen molar-refractivity contribution in [1.29, 1.82) is 0 Å². The molecule has 1 aliphatic heterocycles. The van der Waals surface area contributed by atoms with E-state index in [0.29, 0.717) is 12.3 Å². The van der Waals surface area contributed by atoms with E-state index in [1.165, 1.54) is 6.42 Å². The topological polar surface area (TPSA) is 59.0 Å². The maximum absolute atomic E-state index is 12.1. The summed E-state index contributed by atoms with van der Waals surface area (Å²) in [5.74, 6) is 0.707.